The van der Waals surface area contributed by atoms with Gasteiger partial charge in [-0.15, -0.1) is 0 Å². The average molecular weight is 277 g/mol. The van der Waals surface area contributed by atoms with E-state index in [1.165, 1.54) is 0 Å². The van der Waals surface area contributed by atoms with E-state index in [9.17, 15) is 4.79 Å². The molecular weight excluding hydrogens is 258 g/mol. The van der Waals surface area contributed by atoms with Crippen LogP contribution in [0.1, 0.15) is 30.5 Å². The summed E-state index contributed by atoms with van der Waals surface area (Å²) in [5.74, 6) is 0.406. The van der Waals surface area contributed by atoms with Crippen LogP contribution in [-0.2, 0) is 24.2 Å². The maximum absolute atomic E-state index is 11.8. The molecule has 0 bridgehead atoms. The van der Waals surface area contributed by atoms with Crippen molar-refractivity contribution in [3.63, 3.8) is 0 Å². The number of imidazole rings is 1. The summed E-state index contributed by atoms with van der Waals surface area (Å²) in [7, 11) is 0. The lowest BCUT2D eigenvalue weighted by molar-refractivity contribution is -0.122. The SMILES string of the molecule is CCCc1cc(CNC(=O)[C@@H](N)Cc2cnc[nH]2)on1. The van der Waals surface area contributed by atoms with Gasteiger partial charge in [-0.3, -0.25) is 4.79 Å². The number of aryl methyl sites for hydroxylation is 1. The van der Waals surface area contributed by atoms with E-state index in [2.05, 4.69) is 27.4 Å². The minimum absolute atomic E-state index is 0.229. The summed E-state index contributed by atoms with van der Waals surface area (Å²) in [4.78, 5) is 18.6. The van der Waals surface area contributed by atoms with Gasteiger partial charge in [0.05, 0.1) is 24.6 Å². The summed E-state index contributed by atoms with van der Waals surface area (Å²) in [6, 6.07) is 1.23. The van der Waals surface area contributed by atoms with E-state index in [-0.39, 0.29) is 5.91 Å². The molecule has 0 saturated carbocycles. The molecule has 7 nitrogen and oxygen atoms in total. The van der Waals surface area contributed by atoms with Crippen molar-refractivity contribution in [1.29, 1.82) is 0 Å². The molecule has 4 N–H and O–H groups in total. The zero-order valence-corrected chi connectivity index (χ0v) is 11.4. The van der Waals surface area contributed by atoms with Crippen molar-refractivity contribution in [3.05, 3.63) is 35.7 Å². The maximum atomic E-state index is 11.8. The van der Waals surface area contributed by atoms with E-state index in [0.29, 0.717) is 18.7 Å². The van der Waals surface area contributed by atoms with Crippen molar-refractivity contribution in [2.45, 2.75) is 38.8 Å². The number of amides is 1. The van der Waals surface area contributed by atoms with Crippen LogP contribution in [0.5, 0.6) is 0 Å². The number of hydrogen-bond donors (Lipinski definition) is 3. The van der Waals surface area contributed by atoms with E-state index in [0.717, 1.165) is 24.2 Å². The lowest BCUT2D eigenvalue weighted by Gasteiger charge is -2.09. The van der Waals surface area contributed by atoms with Crippen LogP contribution in [0.4, 0.5) is 0 Å². The highest BCUT2D eigenvalue weighted by Crippen LogP contribution is 2.05. The standard InChI is InChI=1S/C13H19N5O2/c1-2-3-9-4-11(20-18-9)7-16-13(19)12(14)5-10-6-15-8-17-10/h4,6,8,12H,2-3,5,7,14H2,1H3,(H,15,17)(H,16,19)/t12-/m0/s1. The predicted molar refractivity (Wildman–Crippen MR) is 72.6 cm³/mol. The molecule has 1 atom stereocenters. The molecule has 2 aromatic rings. The van der Waals surface area contributed by atoms with Gasteiger partial charge in [0.1, 0.15) is 0 Å². The predicted octanol–water partition coefficient (Wildman–Crippen LogP) is 0.536. The molecule has 0 aromatic carbocycles. The normalized spacial score (nSPS) is 12.3. The average Bonchev–Trinajstić information content (AvgIpc) is 3.08. The smallest absolute Gasteiger partial charge is 0.237 e. The van der Waals surface area contributed by atoms with Gasteiger partial charge in [-0.2, -0.15) is 0 Å². The molecule has 20 heavy (non-hydrogen) atoms. The Hall–Kier alpha value is -2.15. The van der Waals surface area contributed by atoms with E-state index in [1.807, 2.05) is 6.07 Å². The van der Waals surface area contributed by atoms with Gasteiger partial charge in [-0.25, -0.2) is 4.98 Å². The van der Waals surface area contributed by atoms with Crippen LogP contribution in [0.15, 0.2) is 23.1 Å². The molecule has 0 saturated heterocycles. The molecule has 7 heteroatoms. The second-order valence-electron chi connectivity index (χ2n) is 4.64. The fourth-order valence-electron chi connectivity index (χ4n) is 1.84. The summed E-state index contributed by atoms with van der Waals surface area (Å²) in [6.07, 6.45) is 5.51. The number of hydrogen-bond acceptors (Lipinski definition) is 5. The number of aromatic amines is 1. The van der Waals surface area contributed by atoms with Gasteiger partial charge in [0.15, 0.2) is 5.76 Å². The first-order valence-corrected chi connectivity index (χ1v) is 6.64. The number of nitrogens with zero attached hydrogens (tertiary/aromatic N) is 2. The molecule has 0 spiro atoms. The van der Waals surface area contributed by atoms with Crippen molar-refractivity contribution < 1.29 is 9.32 Å². The van der Waals surface area contributed by atoms with Crippen LogP contribution in [0, 0.1) is 0 Å². The Bertz CT molecular complexity index is 535. The fourth-order valence-corrected chi connectivity index (χ4v) is 1.84. The second kappa shape index (κ2) is 6.85. The summed E-state index contributed by atoms with van der Waals surface area (Å²) >= 11 is 0. The van der Waals surface area contributed by atoms with Crippen molar-refractivity contribution in [2.24, 2.45) is 5.73 Å². The first kappa shape index (κ1) is 14.3. The highest BCUT2D eigenvalue weighted by molar-refractivity contribution is 5.81. The van der Waals surface area contributed by atoms with Crippen LogP contribution >= 0.6 is 0 Å². The molecule has 108 valence electrons. The van der Waals surface area contributed by atoms with Crippen molar-refractivity contribution in [2.75, 3.05) is 0 Å². The Morgan fingerprint density at radius 2 is 2.45 bits per heavy atom. The van der Waals surface area contributed by atoms with Gasteiger partial charge in [-0.1, -0.05) is 18.5 Å². The van der Waals surface area contributed by atoms with Gasteiger partial charge in [0, 0.05) is 24.4 Å². The molecular formula is C13H19N5O2. The van der Waals surface area contributed by atoms with Crippen molar-refractivity contribution >= 4 is 5.91 Å². The van der Waals surface area contributed by atoms with Gasteiger partial charge >= 0.3 is 0 Å². The summed E-state index contributed by atoms with van der Waals surface area (Å²) in [5.41, 5.74) is 7.55. The molecule has 0 unspecified atom stereocenters. The van der Waals surface area contributed by atoms with Gasteiger partial charge in [0.2, 0.25) is 5.91 Å². The van der Waals surface area contributed by atoms with Crippen LogP contribution < -0.4 is 11.1 Å². The van der Waals surface area contributed by atoms with Crippen molar-refractivity contribution in [3.8, 4) is 0 Å². The zero-order chi connectivity index (χ0) is 14.4. The number of carbonyl (C=O) groups excluding carboxylic acids is 1. The Kier molecular flexibility index (Phi) is 4.89. The maximum Gasteiger partial charge on any atom is 0.237 e. The molecule has 2 rings (SSSR count). The number of H-pyrrole nitrogens is 1. The molecule has 0 fully saturated rings. The lowest BCUT2D eigenvalue weighted by atomic mass is 10.1. The molecule has 0 aliphatic rings. The first-order chi connectivity index (χ1) is 9.69. The van der Waals surface area contributed by atoms with Crippen LogP contribution in [-0.4, -0.2) is 27.1 Å². The Balaban J connectivity index is 1.78. The van der Waals surface area contributed by atoms with Gasteiger partial charge < -0.3 is 20.6 Å². The number of rotatable bonds is 7. The third-order valence-corrected chi connectivity index (χ3v) is 2.88. The van der Waals surface area contributed by atoms with E-state index >= 15 is 0 Å². The Labute approximate surface area is 116 Å². The van der Waals surface area contributed by atoms with Gasteiger partial charge in [0.25, 0.3) is 0 Å². The number of nitrogens with one attached hydrogen (secondary N) is 2. The summed E-state index contributed by atoms with van der Waals surface area (Å²) < 4.78 is 5.13. The van der Waals surface area contributed by atoms with E-state index < -0.39 is 6.04 Å². The Morgan fingerprint density at radius 1 is 1.60 bits per heavy atom. The van der Waals surface area contributed by atoms with Crippen LogP contribution in [0.3, 0.4) is 0 Å². The van der Waals surface area contributed by atoms with E-state index in [1.54, 1.807) is 12.5 Å². The molecule has 2 aromatic heterocycles. The lowest BCUT2D eigenvalue weighted by Crippen LogP contribution is -2.41. The van der Waals surface area contributed by atoms with Crippen molar-refractivity contribution in [1.82, 2.24) is 20.4 Å². The molecule has 0 aliphatic carbocycles. The van der Waals surface area contributed by atoms with E-state index in [4.69, 9.17) is 10.3 Å². The minimum Gasteiger partial charge on any atom is -0.359 e. The topological polar surface area (TPSA) is 110 Å². The largest absolute Gasteiger partial charge is 0.359 e. The fraction of sp³-hybridized carbons (Fsp3) is 0.462. The highest BCUT2D eigenvalue weighted by Gasteiger charge is 2.15. The summed E-state index contributed by atoms with van der Waals surface area (Å²) in [5, 5.41) is 6.65. The molecule has 0 radical (unpaired) electrons. The van der Waals surface area contributed by atoms with Gasteiger partial charge in [-0.05, 0) is 6.42 Å². The van der Waals surface area contributed by atoms with Crippen LogP contribution in [0.2, 0.25) is 0 Å². The third-order valence-electron chi connectivity index (χ3n) is 2.88. The zero-order valence-electron chi connectivity index (χ0n) is 11.4. The second-order valence-corrected chi connectivity index (χ2v) is 4.64. The monoisotopic (exact) mass is 277 g/mol. The quantitative estimate of drug-likeness (QED) is 0.684. The first-order valence-electron chi connectivity index (χ1n) is 6.64. The number of nitrogens with two attached hydrogens (primary N) is 1. The molecule has 2 heterocycles. The van der Waals surface area contributed by atoms with Crippen LogP contribution in [0.25, 0.3) is 0 Å². The highest BCUT2D eigenvalue weighted by atomic mass is 16.5. The molecule has 1 amide bonds. The Morgan fingerprint density at radius 3 is 3.15 bits per heavy atom. The number of aromatic nitrogens is 3. The third kappa shape index (κ3) is 3.92. The minimum atomic E-state index is -0.617. The molecule has 0 aliphatic heterocycles. The summed E-state index contributed by atoms with van der Waals surface area (Å²) in [6.45, 7) is 2.37. The number of carbonyl (C=O) groups is 1.